The van der Waals surface area contributed by atoms with Crippen LogP contribution in [0, 0.1) is 9.81 Å². The van der Waals surface area contributed by atoms with Crippen molar-refractivity contribution in [3.63, 3.8) is 0 Å². The monoisotopic (exact) mass is 140 g/mol. The Bertz CT molecular complexity index is 69.0. The van der Waals surface area contributed by atoms with Crippen LogP contribution in [-0.4, -0.2) is 0 Å². The number of nitrogens with zero attached hydrogens (tertiary/aromatic N) is 2. The van der Waals surface area contributed by atoms with Gasteiger partial charge in [0.05, 0.1) is 0 Å². The van der Waals surface area contributed by atoms with E-state index in [9.17, 15) is 0 Å². The molecule has 0 bridgehead atoms. The first kappa shape index (κ1) is 7.68. The van der Waals surface area contributed by atoms with Crippen LogP contribution in [0.5, 0.6) is 0 Å². The molecule has 0 radical (unpaired) electrons. The third-order valence-electron chi connectivity index (χ3n) is 0.177. The molecular weight excluding hydrogens is 140 g/mol. The molecule has 0 aromatic heterocycles. The smallest absolute Gasteiger partial charge is 0.146 e. The first-order valence-corrected chi connectivity index (χ1v) is 1.40. The highest BCUT2D eigenvalue weighted by Crippen LogP contribution is 1.84. The molecule has 0 spiro atoms. The van der Waals surface area contributed by atoms with Gasteiger partial charge >= 0.3 is 0 Å². The molecule has 0 aliphatic carbocycles. The van der Waals surface area contributed by atoms with Gasteiger partial charge in [0.1, 0.15) is 0 Å². The van der Waals surface area contributed by atoms with Gasteiger partial charge in [0.15, 0.2) is 10.7 Å². The summed E-state index contributed by atoms with van der Waals surface area (Å²) in [5, 5.41) is 13.2. The van der Waals surface area contributed by atoms with Gasteiger partial charge in [-0.2, -0.15) is 0 Å². The summed E-state index contributed by atoms with van der Waals surface area (Å²) in [5.41, 5.74) is 0. The summed E-state index contributed by atoms with van der Waals surface area (Å²) < 4.78 is 0. The molecule has 52 valence electrons. The summed E-state index contributed by atoms with van der Waals surface area (Å²) >= 11 is 0. The molecule has 0 saturated carbocycles. The van der Waals surface area contributed by atoms with Crippen LogP contribution in [0.2, 0.25) is 0 Å². The maximum Gasteiger partial charge on any atom is 0.193 e. The van der Waals surface area contributed by atoms with E-state index in [2.05, 4.69) is 25.1 Å². The lowest BCUT2D eigenvalue weighted by Gasteiger charge is -1.87. The molecule has 0 rings (SSSR count). The van der Waals surface area contributed by atoms with Crippen LogP contribution in [0.1, 0.15) is 0 Å². The Morgan fingerprint density at radius 2 is 1.22 bits per heavy atom. The molecular formula is N2O7. The molecule has 0 N–H and O–H groups in total. The Kier molecular flexibility index (Phi) is 5.70. The van der Waals surface area contributed by atoms with Crippen molar-refractivity contribution in [3.05, 3.63) is 9.81 Å². The lowest BCUT2D eigenvalue weighted by Crippen LogP contribution is -1.92. The van der Waals surface area contributed by atoms with Crippen molar-refractivity contribution in [2.45, 2.75) is 0 Å². The maximum atomic E-state index is 8.98. The average molecular weight is 140 g/mol. The van der Waals surface area contributed by atoms with Crippen LogP contribution in [-0.2, 0) is 25.1 Å². The maximum absolute atomic E-state index is 8.98. The molecule has 0 aromatic rings. The van der Waals surface area contributed by atoms with Crippen molar-refractivity contribution in [2.75, 3.05) is 0 Å². The number of hydrogen-bond acceptors (Lipinski definition) is 9. The van der Waals surface area contributed by atoms with E-state index in [1.807, 2.05) is 0 Å². The average Bonchev–Trinajstić information content (AvgIpc) is 1.89. The molecule has 0 amide bonds. The Balaban J connectivity index is 2.74. The van der Waals surface area contributed by atoms with Crippen molar-refractivity contribution < 1.29 is 25.1 Å². The summed E-state index contributed by atoms with van der Waals surface area (Å²) in [5.74, 6) is 0. The predicted octanol–water partition coefficient (Wildman–Crippen LogP) is 0.0922. The topological polar surface area (TPSA) is 105 Å². The van der Waals surface area contributed by atoms with E-state index in [0.29, 0.717) is 0 Å². The van der Waals surface area contributed by atoms with Crippen LogP contribution in [0.3, 0.4) is 0 Å². The first-order valence-electron chi connectivity index (χ1n) is 1.40. The van der Waals surface area contributed by atoms with Crippen molar-refractivity contribution in [1.29, 1.82) is 0 Å². The molecule has 0 unspecified atom stereocenters. The molecule has 0 fully saturated rings. The van der Waals surface area contributed by atoms with Gasteiger partial charge in [-0.25, -0.2) is 0 Å². The molecule has 0 saturated heterocycles. The van der Waals surface area contributed by atoms with Crippen LogP contribution in [0.25, 0.3) is 0 Å². The summed E-state index contributed by atoms with van der Waals surface area (Å²) in [4.78, 5) is 24.3. The zero-order valence-corrected chi connectivity index (χ0v) is 3.75. The fourth-order valence-electron chi connectivity index (χ4n) is 0.0610. The molecule has 9 nitrogen and oxygen atoms in total. The highest BCUT2D eigenvalue weighted by molar-refractivity contribution is 3.87. The van der Waals surface area contributed by atoms with E-state index >= 15 is 0 Å². The highest BCUT2D eigenvalue weighted by atomic mass is 17.8. The normalized spacial score (nSPS) is 8.00. The minimum atomic E-state index is 1.69. The number of hydrogen-bond donors (Lipinski definition) is 0. The quantitative estimate of drug-likeness (QED) is 0.223. The molecule has 0 heterocycles. The van der Waals surface area contributed by atoms with E-state index < -0.39 is 0 Å². The van der Waals surface area contributed by atoms with E-state index in [0.717, 1.165) is 0 Å². The largest absolute Gasteiger partial charge is 0.193 e. The van der Waals surface area contributed by atoms with E-state index in [4.69, 9.17) is 9.81 Å². The molecule has 0 aliphatic heterocycles. The second kappa shape index (κ2) is 6.68. The van der Waals surface area contributed by atoms with Crippen LogP contribution in [0.4, 0.5) is 0 Å². The van der Waals surface area contributed by atoms with Gasteiger partial charge in [0.25, 0.3) is 0 Å². The summed E-state index contributed by atoms with van der Waals surface area (Å²) in [6.07, 6.45) is 0. The van der Waals surface area contributed by atoms with Gasteiger partial charge < -0.3 is 0 Å². The van der Waals surface area contributed by atoms with Gasteiger partial charge in [-0.3, -0.25) is 0 Å². The fraction of sp³-hybridized carbons (Fsp3) is 0. The van der Waals surface area contributed by atoms with Crippen molar-refractivity contribution >= 4 is 0 Å². The van der Waals surface area contributed by atoms with Gasteiger partial charge in [-0.15, -0.1) is 19.8 Å². The standard InChI is InChI=1S/N2O7/c3-1-5-7-9-8-6-2-4. The van der Waals surface area contributed by atoms with Gasteiger partial charge in [0.2, 0.25) is 0 Å². The Hall–Kier alpha value is -1.32. The van der Waals surface area contributed by atoms with E-state index in [1.165, 1.54) is 0 Å². The second-order valence-electron chi connectivity index (χ2n) is 0.502. The lowest BCUT2D eigenvalue weighted by atomic mass is 13.3. The fourth-order valence-corrected chi connectivity index (χ4v) is 0.0610. The molecule has 0 aliphatic rings. The lowest BCUT2D eigenvalue weighted by molar-refractivity contribution is -0.710. The highest BCUT2D eigenvalue weighted by Gasteiger charge is 1.88. The molecule has 9 heteroatoms. The minimum absolute atomic E-state index is 1.69. The Morgan fingerprint density at radius 1 is 0.778 bits per heavy atom. The SMILES string of the molecule is O=NOOOOON=O. The minimum Gasteiger partial charge on any atom is -0.146 e. The number of rotatable bonds is 6. The Labute approximate surface area is 47.0 Å². The zero-order chi connectivity index (χ0) is 6.95. The first-order chi connectivity index (χ1) is 4.41. The third-order valence-corrected chi connectivity index (χ3v) is 0.177. The van der Waals surface area contributed by atoms with E-state index in [-0.39, 0.29) is 0 Å². The van der Waals surface area contributed by atoms with Crippen LogP contribution >= 0.6 is 0 Å². The van der Waals surface area contributed by atoms with Gasteiger partial charge in [-0.05, 0) is 0 Å². The predicted molar refractivity (Wildman–Crippen MR) is 17.0 cm³/mol. The Morgan fingerprint density at radius 3 is 1.56 bits per heavy atom. The van der Waals surface area contributed by atoms with Crippen molar-refractivity contribution in [3.8, 4) is 0 Å². The van der Waals surface area contributed by atoms with Gasteiger partial charge in [-0.1, -0.05) is 0 Å². The zero-order valence-electron chi connectivity index (χ0n) is 3.75. The summed E-state index contributed by atoms with van der Waals surface area (Å²) in [7, 11) is 0. The van der Waals surface area contributed by atoms with Crippen molar-refractivity contribution in [1.82, 2.24) is 0 Å². The molecule has 0 aromatic carbocycles. The molecule has 9 heavy (non-hydrogen) atoms. The second-order valence-corrected chi connectivity index (χ2v) is 0.502. The third kappa shape index (κ3) is 6.68. The van der Waals surface area contributed by atoms with Crippen LogP contribution < -0.4 is 0 Å². The summed E-state index contributed by atoms with van der Waals surface area (Å²) in [6.45, 7) is 0. The van der Waals surface area contributed by atoms with E-state index in [1.54, 1.807) is 10.7 Å². The van der Waals surface area contributed by atoms with Crippen LogP contribution in [0.15, 0.2) is 10.7 Å². The van der Waals surface area contributed by atoms with Crippen molar-refractivity contribution in [2.24, 2.45) is 10.7 Å². The summed E-state index contributed by atoms with van der Waals surface area (Å²) in [6, 6.07) is 0. The van der Waals surface area contributed by atoms with Gasteiger partial charge in [0, 0.05) is 15.1 Å². The molecule has 0 atom stereocenters.